The number of hydrogen-bond acceptors (Lipinski definition) is 7. The number of rotatable bonds is 10. The number of aromatic carboxylic acids is 1. The summed E-state index contributed by atoms with van der Waals surface area (Å²) < 4.78 is 26.5. The summed E-state index contributed by atoms with van der Waals surface area (Å²) in [7, 11) is -2.70. The van der Waals surface area contributed by atoms with Crippen LogP contribution in [0.2, 0.25) is 0 Å². The normalized spacial score (nSPS) is 13.4. The zero-order chi connectivity index (χ0) is 29.7. The molecule has 0 radical (unpaired) electrons. The number of primary amides is 1. The number of nitrogens with two attached hydrogens (primary N) is 1. The lowest BCUT2D eigenvalue weighted by atomic mass is 9.94. The number of nitrogens with zero attached hydrogens (tertiary/aromatic N) is 2. The number of carbonyl (C=O) groups excluding carboxylic acids is 2. The van der Waals surface area contributed by atoms with Crippen LogP contribution in [-0.2, 0) is 21.7 Å². The maximum Gasteiger partial charge on any atom is 0.353 e. The Hall–Kier alpha value is -3.93. The molecule has 0 bridgehead atoms. The second kappa shape index (κ2) is 16.2. The Morgan fingerprint density at radius 3 is 2.33 bits per heavy atom. The van der Waals surface area contributed by atoms with Crippen LogP contribution >= 0.6 is 0 Å². The lowest BCUT2D eigenvalue weighted by molar-refractivity contribution is -0.121. The minimum Gasteiger partial charge on any atom is -0.493 e. The van der Waals surface area contributed by atoms with E-state index < -0.39 is 22.5 Å². The Labute approximate surface area is 236 Å². The zero-order valence-corrected chi connectivity index (χ0v) is 23.9. The van der Waals surface area contributed by atoms with Crippen molar-refractivity contribution >= 4 is 34.1 Å². The summed E-state index contributed by atoms with van der Waals surface area (Å²) in [6.07, 6.45) is 4.68. The van der Waals surface area contributed by atoms with Crippen LogP contribution in [0.5, 0.6) is 5.75 Å². The van der Waals surface area contributed by atoms with E-state index in [0.717, 1.165) is 30.6 Å². The van der Waals surface area contributed by atoms with Gasteiger partial charge in [-0.05, 0) is 67.9 Å². The largest absolute Gasteiger partial charge is 0.493 e. The number of carboxylic acid groups (broad SMARTS) is 1. The highest BCUT2D eigenvalue weighted by molar-refractivity contribution is 7.62. The highest BCUT2D eigenvalue weighted by Crippen LogP contribution is 2.32. The van der Waals surface area contributed by atoms with Crippen molar-refractivity contribution in [1.29, 1.82) is 0 Å². The van der Waals surface area contributed by atoms with Gasteiger partial charge in [-0.15, -0.1) is 0 Å². The van der Waals surface area contributed by atoms with Crippen LogP contribution in [0.25, 0.3) is 0 Å². The van der Waals surface area contributed by atoms with Crippen LogP contribution in [0, 0.1) is 5.92 Å². The molecule has 1 atom stereocenters. The first kappa shape index (κ1) is 32.3. The molecule has 2 aromatic rings. The van der Waals surface area contributed by atoms with Gasteiger partial charge in [0, 0.05) is 18.8 Å². The highest BCUT2D eigenvalue weighted by atomic mass is 32.2. The third kappa shape index (κ3) is 10.7. The first-order valence-electron chi connectivity index (χ1n) is 13.2. The molecule has 218 valence electrons. The molecule has 2 aromatic carbocycles. The average molecular weight is 575 g/mol. The van der Waals surface area contributed by atoms with Crippen LogP contribution in [0.15, 0.2) is 46.8 Å². The number of carbonyl (C=O) groups is 3. The predicted molar refractivity (Wildman–Crippen MR) is 152 cm³/mol. The molecular formula is C28H38N4O7S. The summed E-state index contributed by atoms with van der Waals surface area (Å²) in [4.78, 5) is 36.4. The standard InChI is InChI=1S/C27H36N2O4.CH2N2O3S/c1-4-33-25-17-20(12-13-22(25)27(31)32)18-26(30)28-23(16-19(2)3)21-10-6-7-11-24(21)29-14-8-5-9-15-29;2-1(4)3-7(5)6/h6-7,10-13,17,19,23H,4-5,8-9,14-16,18H2,1-3H3,(H,28,30)(H,31,32);(H2,2,4). The molecular weight excluding hydrogens is 536 g/mol. The van der Waals surface area contributed by atoms with E-state index in [1.165, 1.54) is 31.0 Å². The quantitative estimate of drug-likeness (QED) is 0.376. The van der Waals surface area contributed by atoms with Gasteiger partial charge in [0.05, 0.1) is 19.1 Å². The molecule has 4 N–H and O–H groups in total. The molecule has 11 nitrogen and oxygen atoms in total. The van der Waals surface area contributed by atoms with Gasteiger partial charge in [-0.2, -0.15) is 8.42 Å². The van der Waals surface area contributed by atoms with Gasteiger partial charge in [0.1, 0.15) is 11.3 Å². The number of piperidine rings is 1. The summed E-state index contributed by atoms with van der Waals surface area (Å²) in [6.45, 7) is 8.61. The Balaban J connectivity index is 0.000000708. The van der Waals surface area contributed by atoms with Gasteiger partial charge < -0.3 is 25.8 Å². The van der Waals surface area contributed by atoms with E-state index in [0.29, 0.717) is 18.3 Å². The predicted octanol–water partition coefficient (Wildman–Crippen LogP) is 4.35. The maximum atomic E-state index is 13.1. The fourth-order valence-electron chi connectivity index (χ4n) is 4.57. The summed E-state index contributed by atoms with van der Waals surface area (Å²) in [5.41, 5.74) is 7.51. The molecule has 1 heterocycles. The molecule has 0 saturated carbocycles. The first-order chi connectivity index (χ1) is 19.0. The van der Waals surface area contributed by atoms with Gasteiger partial charge in [0.25, 0.3) is 0 Å². The smallest absolute Gasteiger partial charge is 0.353 e. The van der Waals surface area contributed by atoms with Crippen molar-refractivity contribution in [2.75, 3.05) is 24.6 Å². The Morgan fingerprint density at radius 1 is 1.10 bits per heavy atom. The summed E-state index contributed by atoms with van der Waals surface area (Å²) in [5.74, 6) is -0.408. The van der Waals surface area contributed by atoms with Gasteiger partial charge in [-0.1, -0.05) is 42.5 Å². The van der Waals surface area contributed by atoms with Crippen LogP contribution in [0.1, 0.15) is 74.0 Å². The second-order valence-electron chi connectivity index (χ2n) is 9.75. The molecule has 0 aliphatic carbocycles. The summed E-state index contributed by atoms with van der Waals surface area (Å²) in [5, 5.41) is 12.6. The molecule has 1 fully saturated rings. The molecule has 3 amide bonds. The van der Waals surface area contributed by atoms with Gasteiger partial charge in [0.15, 0.2) is 0 Å². The summed E-state index contributed by atoms with van der Waals surface area (Å²) in [6, 6.07) is 12.0. The van der Waals surface area contributed by atoms with Crippen molar-refractivity contribution in [2.24, 2.45) is 16.0 Å². The van der Waals surface area contributed by atoms with Crippen LogP contribution in [0.3, 0.4) is 0 Å². The van der Waals surface area contributed by atoms with Gasteiger partial charge in [0.2, 0.25) is 5.91 Å². The fraction of sp³-hybridized carbons (Fsp3) is 0.464. The molecule has 12 heteroatoms. The number of benzene rings is 2. The minimum atomic E-state index is -2.70. The van der Waals surface area contributed by atoms with E-state index >= 15 is 0 Å². The molecule has 1 aliphatic rings. The van der Waals surface area contributed by atoms with Gasteiger partial charge >= 0.3 is 22.5 Å². The van der Waals surface area contributed by atoms with Crippen molar-refractivity contribution in [3.63, 3.8) is 0 Å². The van der Waals surface area contributed by atoms with Crippen molar-refractivity contribution in [3.05, 3.63) is 59.2 Å². The molecule has 1 saturated heterocycles. The zero-order valence-electron chi connectivity index (χ0n) is 23.1. The Bertz CT molecular complexity index is 1300. The molecule has 3 rings (SSSR count). The van der Waals surface area contributed by atoms with E-state index in [9.17, 15) is 27.9 Å². The third-order valence-corrected chi connectivity index (χ3v) is 6.49. The van der Waals surface area contributed by atoms with E-state index in [-0.39, 0.29) is 23.9 Å². The number of urea groups is 1. The Kier molecular flexibility index (Phi) is 13.1. The number of para-hydroxylation sites is 1. The Morgan fingerprint density at radius 2 is 1.77 bits per heavy atom. The SMILES string of the molecule is CCOc1cc(CC(=O)NC(CC(C)C)c2ccccc2N2CCCCC2)ccc1C(=O)O.NC(=O)N=S(=O)=O. The lowest BCUT2D eigenvalue weighted by Gasteiger charge is -2.33. The van der Waals surface area contributed by atoms with E-state index in [1.807, 2.05) is 6.07 Å². The highest BCUT2D eigenvalue weighted by Gasteiger charge is 2.23. The summed E-state index contributed by atoms with van der Waals surface area (Å²) >= 11 is 0. The van der Waals surface area contributed by atoms with E-state index in [2.05, 4.69) is 52.4 Å². The van der Waals surface area contributed by atoms with Crippen molar-refractivity contribution < 1.29 is 32.6 Å². The number of carboxylic acids is 1. The van der Waals surface area contributed by atoms with Crippen LogP contribution < -0.4 is 20.7 Å². The van der Waals surface area contributed by atoms with Crippen LogP contribution in [-0.4, -0.2) is 51.1 Å². The monoisotopic (exact) mass is 574 g/mol. The lowest BCUT2D eigenvalue weighted by Crippen LogP contribution is -2.34. The molecule has 0 aromatic heterocycles. The van der Waals surface area contributed by atoms with Crippen molar-refractivity contribution in [2.45, 2.75) is 58.9 Å². The van der Waals surface area contributed by atoms with Gasteiger partial charge in [-0.3, -0.25) is 4.79 Å². The number of anilines is 1. The third-order valence-electron chi connectivity index (χ3n) is 6.16. The fourth-order valence-corrected chi connectivity index (χ4v) is 4.72. The molecule has 1 unspecified atom stereocenters. The minimum absolute atomic E-state index is 0.0831. The number of amides is 3. The number of hydrogen-bond donors (Lipinski definition) is 3. The maximum absolute atomic E-state index is 13.1. The topological polar surface area (TPSA) is 168 Å². The van der Waals surface area contributed by atoms with Crippen LogP contribution in [0.4, 0.5) is 10.5 Å². The second-order valence-corrected chi connectivity index (χ2v) is 10.4. The first-order valence-corrected chi connectivity index (χ1v) is 14.3. The number of nitrogens with one attached hydrogen (secondary N) is 1. The number of ether oxygens (including phenoxy) is 1. The van der Waals surface area contributed by atoms with E-state index in [4.69, 9.17) is 4.74 Å². The van der Waals surface area contributed by atoms with Crippen molar-refractivity contribution in [3.8, 4) is 5.75 Å². The van der Waals surface area contributed by atoms with Crippen molar-refractivity contribution in [1.82, 2.24) is 5.32 Å². The van der Waals surface area contributed by atoms with E-state index in [1.54, 1.807) is 19.1 Å². The van der Waals surface area contributed by atoms with Gasteiger partial charge in [-0.25, -0.2) is 9.59 Å². The average Bonchev–Trinajstić information content (AvgIpc) is 2.88. The molecule has 1 aliphatic heterocycles. The molecule has 0 spiro atoms. The molecule has 40 heavy (non-hydrogen) atoms.